The van der Waals surface area contributed by atoms with Crippen LogP contribution in [0.3, 0.4) is 0 Å². The lowest BCUT2D eigenvalue weighted by atomic mass is 10.1. The van der Waals surface area contributed by atoms with Gasteiger partial charge in [-0.25, -0.2) is 0 Å². The van der Waals surface area contributed by atoms with Crippen LogP contribution in [0.1, 0.15) is 44.9 Å². The molecule has 4 nitrogen and oxygen atoms in total. The van der Waals surface area contributed by atoms with E-state index in [9.17, 15) is 9.59 Å². The Morgan fingerprint density at radius 1 is 1.37 bits per heavy atom. The second-order valence-corrected chi connectivity index (χ2v) is 5.51. The highest BCUT2D eigenvalue weighted by molar-refractivity contribution is 5.77. The van der Waals surface area contributed by atoms with Crippen molar-refractivity contribution in [3.8, 4) is 0 Å². The van der Waals surface area contributed by atoms with Gasteiger partial charge in [0.1, 0.15) is 0 Å². The molecule has 1 N–H and O–H groups in total. The highest BCUT2D eigenvalue weighted by Gasteiger charge is 2.17. The van der Waals surface area contributed by atoms with Crippen molar-refractivity contribution >= 4 is 11.8 Å². The third-order valence-electron chi connectivity index (χ3n) is 3.94. The molecule has 1 atom stereocenters. The molecule has 0 bridgehead atoms. The molecule has 0 aromatic rings. The van der Waals surface area contributed by atoms with Crippen LogP contribution in [-0.4, -0.2) is 36.3 Å². The molecule has 19 heavy (non-hydrogen) atoms. The van der Waals surface area contributed by atoms with Crippen LogP contribution in [0.5, 0.6) is 0 Å². The number of rotatable bonds is 5. The van der Waals surface area contributed by atoms with E-state index in [1.54, 1.807) is 0 Å². The summed E-state index contributed by atoms with van der Waals surface area (Å²) in [5.74, 6) is 0.768. The van der Waals surface area contributed by atoms with Gasteiger partial charge in [-0.15, -0.1) is 0 Å². The van der Waals surface area contributed by atoms with Gasteiger partial charge in [-0.05, 0) is 31.6 Å². The molecule has 0 unspecified atom stereocenters. The summed E-state index contributed by atoms with van der Waals surface area (Å²) < 4.78 is 0. The molecule has 0 aromatic heterocycles. The molecule has 1 aliphatic carbocycles. The normalized spacial score (nSPS) is 23.5. The molecular formula is C15H24N2O2. The van der Waals surface area contributed by atoms with E-state index >= 15 is 0 Å². The van der Waals surface area contributed by atoms with Crippen LogP contribution in [0.25, 0.3) is 0 Å². The number of amides is 2. The summed E-state index contributed by atoms with van der Waals surface area (Å²) in [7, 11) is 0. The van der Waals surface area contributed by atoms with E-state index in [2.05, 4.69) is 17.5 Å². The van der Waals surface area contributed by atoms with Gasteiger partial charge in [0, 0.05) is 32.5 Å². The van der Waals surface area contributed by atoms with E-state index in [-0.39, 0.29) is 11.8 Å². The van der Waals surface area contributed by atoms with Crippen LogP contribution < -0.4 is 5.32 Å². The maximum Gasteiger partial charge on any atom is 0.222 e. The standard InChI is InChI=1S/C15H24N2O2/c18-14(12-13-6-3-4-7-13)16-9-11-17-10-5-1-2-8-15(17)19/h3,6,13H,1-2,4-5,7-12H2,(H,16,18)/t13-/m0/s1. The van der Waals surface area contributed by atoms with Gasteiger partial charge in [-0.1, -0.05) is 18.6 Å². The summed E-state index contributed by atoms with van der Waals surface area (Å²) >= 11 is 0. The predicted molar refractivity (Wildman–Crippen MR) is 74.5 cm³/mol. The molecule has 2 aliphatic rings. The van der Waals surface area contributed by atoms with Gasteiger partial charge in [-0.3, -0.25) is 9.59 Å². The third-order valence-corrected chi connectivity index (χ3v) is 3.94. The lowest BCUT2D eigenvalue weighted by Gasteiger charge is -2.20. The molecule has 1 saturated heterocycles. The van der Waals surface area contributed by atoms with Gasteiger partial charge in [0.25, 0.3) is 0 Å². The number of nitrogens with zero attached hydrogens (tertiary/aromatic N) is 1. The Balaban J connectivity index is 1.63. The maximum absolute atomic E-state index is 11.8. The minimum absolute atomic E-state index is 0.110. The van der Waals surface area contributed by atoms with Gasteiger partial charge >= 0.3 is 0 Å². The van der Waals surface area contributed by atoms with Crippen molar-refractivity contribution in [3.05, 3.63) is 12.2 Å². The number of hydrogen-bond acceptors (Lipinski definition) is 2. The van der Waals surface area contributed by atoms with E-state index in [1.165, 1.54) is 0 Å². The van der Waals surface area contributed by atoms with E-state index in [4.69, 9.17) is 0 Å². The third kappa shape index (κ3) is 4.69. The highest BCUT2D eigenvalue weighted by Crippen LogP contribution is 2.19. The number of carbonyl (C=O) groups excluding carboxylic acids is 2. The van der Waals surface area contributed by atoms with Crippen LogP contribution >= 0.6 is 0 Å². The molecule has 4 heteroatoms. The summed E-state index contributed by atoms with van der Waals surface area (Å²) in [6.07, 6.45) is 11.0. The quantitative estimate of drug-likeness (QED) is 0.771. The van der Waals surface area contributed by atoms with Crippen molar-refractivity contribution in [2.75, 3.05) is 19.6 Å². The zero-order valence-corrected chi connectivity index (χ0v) is 11.6. The van der Waals surface area contributed by atoms with Crippen LogP contribution in [0.4, 0.5) is 0 Å². The number of carbonyl (C=O) groups is 2. The molecule has 2 amide bonds. The summed E-state index contributed by atoms with van der Waals surface area (Å²) in [6.45, 7) is 2.09. The first-order chi connectivity index (χ1) is 9.25. The number of likely N-dealkylation sites (tertiary alicyclic amines) is 1. The fourth-order valence-corrected chi connectivity index (χ4v) is 2.78. The Hall–Kier alpha value is -1.32. The van der Waals surface area contributed by atoms with Crippen LogP contribution in [0, 0.1) is 5.92 Å². The van der Waals surface area contributed by atoms with E-state index in [0.29, 0.717) is 31.8 Å². The Kier molecular flexibility index (Phi) is 5.43. The van der Waals surface area contributed by atoms with Gasteiger partial charge in [0.2, 0.25) is 11.8 Å². The van der Waals surface area contributed by atoms with Gasteiger partial charge in [-0.2, -0.15) is 0 Å². The second kappa shape index (κ2) is 7.31. The minimum Gasteiger partial charge on any atom is -0.354 e. The van der Waals surface area contributed by atoms with E-state index in [0.717, 1.165) is 38.6 Å². The predicted octanol–water partition coefficient (Wildman–Crippen LogP) is 1.86. The smallest absolute Gasteiger partial charge is 0.222 e. The average molecular weight is 264 g/mol. The molecule has 0 radical (unpaired) electrons. The zero-order valence-electron chi connectivity index (χ0n) is 11.6. The first-order valence-electron chi connectivity index (χ1n) is 7.47. The molecule has 106 valence electrons. The Bertz CT molecular complexity index is 352. The lowest BCUT2D eigenvalue weighted by molar-refractivity contribution is -0.131. The molecule has 0 aromatic carbocycles. The SMILES string of the molecule is O=C(C[C@H]1C=CCC1)NCCN1CCCCCC1=O. The number of hydrogen-bond donors (Lipinski definition) is 1. The lowest BCUT2D eigenvalue weighted by Crippen LogP contribution is -2.38. The molecule has 0 spiro atoms. The topological polar surface area (TPSA) is 49.4 Å². The van der Waals surface area contributed by atoms with Crippen molar-refractivity contribution in [3.63, 3.8) is 0 Å². The van der Waals surface area contributed by atoms with Crippen molar-refractivity contribution in [1.29, 1.82) is 0 Å². The van der Waals surface area contributed by atoms with Crippen molar-refractivity contribution < 1.29 is 9.59 Å². The Morgan fingerprint density at radius 3 is 3.05 bits per heavy atom. The van der Waals surface area contributed by atoms with Gasteiger partial charge in [0.15, 0.2) is 0 Å². The molecular weight excluding hydrogens is 240 g/mol. The first-order valence-corrected chi connectivity index (χ1v) is 7.47. The number of allylic oxidation sites excluding steroid dienone is 2. The molecule has 1 heterocycles. The molecule has 1 aliphatic heterocycles. The van der Waals surface area contributed by atoms with E-state index in [1.807, 2.05) is 4.90 Å². The Labute approximate surface area is 115 Å². The molecule has 2 rings (SSSR count). The molecule has 1 fully saturated rings. The first kappa shape index (κ1) is 14.1. The van der Waals surface area contributed by atoms with Gasteiger partial charge < -0.3 is 10.2 Å². The summed E-state index contributed by atoms with van der Waals surface area (Å²) in [5, 5.41) is 2.93. The summed E-state index contributed by atoms with van der Waals surface area (Å²) in [6, 6.07) is 0. The zero-order chi connectivity index (χ0) is 13.5. The Morgan fingerprint density at radius 2 is 2.26 bits per heavy atom. The van der Waals surface area contributed by atoms with Crippen molar-refractivity contribution in [1.82, 2.24) is 10.2 Å². The van der Waals surface area contributed by atoms with Crippen molar-refractivity contribution in [2.45, 2.75) is 44.9 Å². The second-order valence-electron chi connectivity index (χ2n) is 5.51. The monoisotopic (exact) mass is 264 g/mol. The fourth-order valence-electron chi connectivity index (χ4n) is 2.78. The fraction of sp³-hybridized carbons (Fsp3) is 0.733. The maximum atomic E-state index is 11.8. The largest absolute Gasteiger partial charge is 0.354 e. The summed E-state index contributed by atoms with van der Waals surface area (Å²) in [4.78, 5) is 25.4. The molecule has 0 saturated carbocycles. The van der Waals surface area contributed by atoms with Gasteiger partial charge in [0.05, 0.1) is 0 Å². The highest BCUT2D eigenvalue weighted by atomic mass is 16.2. The van der Waals surface area contributed by atoms with Crippen LogP contribution in [-0.2, 0) is 9.59 Å². The minimum atomic E-state index is 0.110. The van der Waals surface area contributed by atoms with Crippen LogP contribution in [0.2, 0.25) is 0 Å². The number of nitrogens with one attached hydrogen (secondary N) is 1. The van der Waals surface area contributed by atoms with Crippen LogP contribution in [0.15, 0.2) is 12.2 Å². The van der Waals surface area contributed by atoms with E-state index < -0.39 is 0 Å². The average Bonchev–Trinajstić information content (AvgIpc) is 2.80. The summed E-state index contributed by atoms with van der Waals surface area (Å²) in [5.41, 5.74) is 0. The van der Waals surface area contributed by atoms with Crippen molar-refractivity contribution in [2.24, 2.45) is 5.92 Å².